The first kappa shape index (κ1) is 23.2. The van der Waals surface area contributed by atoms with Crippen LogP contribution in [0.2, 0.25) is 10.0 Å². The number of carbonyl (C=O) groups is 3. The molecule has 0 bridgehead atoms. The summed E-state index contributed by atoms with van der Waals surface area (Å²) in [7, 11) is 0. The van der Waals surface area contributed by atoms with Gasteiger partial charge in [0.25, 0.3) is 5.91 Å². The first-order chi connectivity index (χ1) is 14.5. The van der Waals surface area contributed by atoms with Gasteiger partial charge in [-0.05, 0) is 43.0 Å². The van der Waals surface area contributed by atoms with Crippen molar-refractivity contribution in [2.45, 2.75) is 39.7 Å². The molecule has 3 amide bonds. The lowest BCUT2D eigenvalue weighted by atomic mass is 9.74. The van der Waals surface area contributed by atoms with Crippen LogP contribution in [-0.4, -0.2) is 30.8 Å². The number of nitrogens with one attached hydrogen (secondary N) is 3. The van der Waals surface area contributed by atoms with E-state index < -0.39 is 11.8 Å². The van der Waals surface area contributed by atoms with Gasteiger partial charge >= 0.3 is 0 Å². The van der Waals surface area contributed by atoms with E-state index in [1.54, 1.807) is 0 Å². The van der Waals surface area contributed by atoms with Gasteiger partial charge in [0.2, 0.25) is 11.8 Å². The Hall–Kier alpha value is -2.51. The quantitative estimate of drug-likeness (QED) is 0.606. The van der Waals surface area contributed by atoms with E-state index in [2.05, 4.69) is 29.8 Å². The summed E-state index contributed by atoms with van der Waals surface area (Å²) in [5.74, 6) is 0.400. The van der Waals surface area contributed by atoms with Gasteiger partial charge < -0.3 is 20.4 Å². The molecule has 7 nitrogen and oxygen atoms in total. The summed E-state index contributed by atoms with van der Waals surface area (Å²) in [4.78, 5) is 36.6. The summed E-state index contributed by atoms with van der Waals surface area (Å²) in [6.07, 6.45) is 1.59. The molecule has 0 aliphatic heterocycles. The van der Waals surface area contributed by atoms with E-state index in [1.807, 2.05) is 13.0 Å². The van der Waals surface area contributed by atoms with Crippen molar-refractivity contribution in [3.05, 3.63) is 57.0 Å². The van der Waals surface area contributed by atoms with Gasteiger partial charge in [0.1, 0.15) is 11.5 Å². The molecule has 1 aliphatic rings. The van der Waals surface area contributed by atoms with Crippen molar-refractivity contribution >= 4 is 40.9 Å². The molecule has 9 heteroatoms. The van der Waals surface area contributed by atoms with Gasteiger partial charge in [0, 0.05) is 17.0 Å². The van der Waals surface area contributed by atoms with Gasteiger partial charge in [-0.3, -0.25) is 14.4 Å². The molecule has 0 saturated heterocycles. The van der Waals surface area contributed by atoms with Crippen molar-refractivity contribution in [2.75, 3.05) is 13.1 Å². The highest BCUT2D eigenvalue weighted by molar-refractivity contribution is 6.36. The number of carbonyl (C=O) groups excluding carboxylic acids is 3. The van der Waals surface area contributed by atoms with E-state index in [0.717, 1.165) is 29.9 Å². The fourth-order valence-corrected chi connectivity index (χ4v) is 4.22. The molecule has 0 spiro atoms. The normalized spacial score (nSPS) is 16.9. The molecular formula is C22H25Cl2N3O4. The van der Waals surface area contributed by atoms with Crippen molar-refractivity contribution in [3.63, 3.8) is 0 Å². The van der Waals surface area contributed by atoms with E-state index in [-0.39, 0.29) is 41.0 Å². The zero-order valence-electron chi connectivity index (χ0n) is 17.6. The molecule has 166 valence electrons. The number of benzene rings is 1. The van der Waals surface area contributed by atoms with Gasteiger partial charge in [0.15, 0.2) is 0 Å². The molecule has 2 aromatic rings. The van der Waals surface area contributed by atoms with Crippen molar-refractivity contribution in [3.8, 4) is 0 Å². The highest BCUT2D eigenvalue weighted by atomic mass is 35.5. The summed E-state index contributed by atoms with van der Waals surface area (Å²) in [6, 6.07) is 6.23. The number of fused-ring (bicyclic) bond motifs is 1. The van der Waals surface area contributed by atoms with E-state index in [0.29, 0.717) is 5.02 Å². The summed E-state index contributed by atoms with van der Waals surface area (Å²) in [5, 5.41) is 8.54. The average molecular weight is 466 g/mol. The first-order valence-corrected chi connectivity index (χ1v) is 10.7. The Morgan fingerprint density at radius 3 is 2.52 bits per heavy atom. The molecule has 1 unspecified atom stereocenters. The van der Waals surface area contributed by atoms with Gasteiger partial charge in [-0.2, -0.15) is 0 Å². The third kappa shape index (κ3) is 6.02. The Morgan fingerprint density at radius 1 is 1.10 bits per heavy atom. The second-order valence-corrected chi connectivity index (χ2v) is 9.33. The minimum Gasteiger partial charge on any atom is -0.466 e. The summed E-state index contributed by atoms with van der Waals surface area (Å²) >= 11 is 11.8. The Labute approximate surface area is 190 Å². The Balaban J connectivity index is 1.48. The van der Waals surface area contributed by atoms with Crippen LogP contribution in [0.3, 0.4) is 0 Å². The number of hydrogen-bond acceptors (Lipinski definition) is 4. The van der Waals surface area contributed by atoms with Crippen LogP contribution >= 0.6 is 23.2 Å². The number of furan rings is 1. The maximum Gasteiger partial charge on any atom is 0.253 e. The molecule has 0 fully saturated rings. The highest BCUT2D eigenvalue weighted by Gasteiger charge is 2.35. The number of rotatable bonds is 6. The molecular weight excluding hydrogens is 441 g/mol. The Bertz CT molecular complexity index is 1020. The fraction of sp³-hybridized carbons (Fsp3) is 0.409. The molecule has 1 aliphatic carbocycles. The lowest BCUT2D eigenvalue weighted by Gasteiger charge is -2.34. The third-order valence-electron chi connectivity index (χ3n) is 5.10. The van der Waals surface area contributed by atoms with Crippen LogP contribution in [-0.2, 0) is 16.0 Å². The van der Waals surface area contributed by atoms with Crippen LogP contribution < -0.4 is 16.0 Å². The topological polar surface area (TPSA) is 100 Å². The largest absolute Gasteiger partial charge is 0.466 e. The lowest BCUT2D eigenvalue weighted by molar-refractivity contribution is -0.126. The molecule has 1 atom stereocenters. The second kappa shape index (κ2) is 9.32. The number of halogens is 2. The van der Waals surface area contributed by atoms with Gasteiger partial charge in [0.05, 0.1) is 29.7 Å². The van der Waals surface area contributed by atoms with Crippen molar-refractivity contribution in [2.24, 2.45) is 5.41 Å². The van der Waals surface area contributed by atoms with E-state index in [4.69, 9.17) is 27.6 Å². The maximum atomic E-state index is 12.4. The maximum absolute atomic E-state index is 12.4. The number of hydrogen-bond donors (Lipinski definition) is 3. The van der Waals surface area contributed by atoms with Gasteiger partial charge in [-0.25, -0.2) is 0 Å². The number of amides is 3. The van der Waals surface area contributed by atoms with Crippen molar-refractivity contribution in [1.29, 1.82) is 0 Å². The second-order valence-electron chi connectivity index (χ2n) is 8.48. The molecule has 0 saturated carbocycles. The van der Waals surface area contributed by atoms with Crippen molar-refractivity contribution < 1.29 is 18.8 Å². The monoisotopic (exact) mass is 465 g/mol. The van der Waals surface area contributed by atoms with Crippen molar-refractivity contribution in [1.82, 2.24) is 16.0 Å². The van der Waals surface area contributed by atoms with Gasteiger partial charge in [-0.15, -0.1) is 0 Å². The zero-order chi connectivity index (χ0) is 22.8. The smallest absolute Gasteiger partial charge is 0.253 e. The molecule has 1 aromatic heterocycles. The SMILES string of the molecule is Cc1cc2c(o1)CC(C)(C)CC2NC(=O)CNC(=O)CNC(=O)c1ccc(Cl)cc1Cl. The van der Waals surface area contributed by atoms with E-state index in [9.17, 15) is 14.4 Å². The highest BCUT2D eigenvalue weighted by Crippen LogP contribution is 2.41. The predicted octanol–water partition coefficient (Wildman–Crippen LogP) is 3.57. The molecule has 31 heavy (non-hydrogen) atoms. The summed E-state index contributed by atoms with van der Waals surface area (Å²) < 4.78 is 5.78. The molecule has 3 N–H and O–H groups in total. The standard InChI is InChI=1S/C22H25Cl2N3O4/c1-12-6-15-17(8-22(2,3)9-18(15)31-12)27-20(29)11-25-19(28)10-26-21(30)14-5-4-13(23)7-16(14)24/h4-7,17H,8-11H2,1-3H3,(H,25,28)(H,26,30)(H,27,29). The van der Waals surface area contributed by atoms with Crippen LogP contribution in [0.25, 0.3) is 0 Å². The fourth-order valence-electron chi connectivity index (χ4n) is 3.73. The minimum absolute atomic E-state index is 0.00822. The van der Waals surface area contributed by atoms with Crippen LogP contribution in [0.5, 0.6) is 0 Å². The lowest BCUT2D eigenvalue weighted by Crippen LogP contribution is -2.44. The number of aryl methyl sites for hydroxylation is 1. The third-order valence-corrected chi connectivity index (χ3v) is 5.65. The van der Waals surface area contributed by atoms with E-state index >= 15 is 0 Å². The van der Waals surface area contributed by atoms with Crippen LogP contribution in [0.15, 0.2) is 28.7 Å². The zero-order valence-corrected chi connectivity index (χ0v) is 19.1. The molecule has 1 heterocycles. The van der Waals surface area contributed by atoms with Gasteiger partial charge in [-0.1, -0.05) is 37.0 Å². The molecule has 3 rings (SSSR count). The van der Waals surface area contributed by atoms with E-state index in [1.165, 1.54) is 18.2 Å². The summed E-state index contributed by atoms with van der Waals surface area (Å²) in [5.41, 5.74) is 1.19. The van der Waals surface area contributed by atoms with Crippen LogP contribution in [0.4, 0.5) is 0 Å². The first-order valence-electron chi connectivity index (χ1n) is 9.92. The van der Waals surface area contributed by atoms with Crippen LogP contribution in [0.1, 0.15) is 53.8 Å². The Kier molecular flexibility index (Phi) is 6.96. The Morgan fingerprint density at radius 2 is 1.81 bits per heavy atom. The summed E-state index contributed by atoms with van der Waals surface area (Å²) in [6.45, 7) is 5.66. The predicted molar refractivity (Wildman–Crippen MR) is 118 cm³/mol. The van der Waals surface area contributed by atoms with Crippen LogP contribution in [0, 0.1) is 12.3 Å². The minimum atomic E-state index is -0.506. The average Bonchev–Trinajstić information content (AvgIpc) is 3.03. The molecule has 0 radical (unpaired) electrons. The molecule has 1 aromatic carbocycles.